The summed E-state index contributed by atoms with van der Waals surface area (Å²) in [5.41, 5.74) is 4.39. The molecule has 1 aromatic heterocycles. The number of aryl methyl sites for hydroxylation is 1. The number of aromatic nitrogens is 1. The lowest BCUT2D eigenvalue weighted by molar-refractivity contribution is 0.0590. The van der Waals surface area contributed by atoms with E-state index in [-0.39, 0.29) is 6.61 Å². The maximum Gasteiger partial charge on any atom is 0.344 e. The Morgan fingerprint density at radius 3 is 2.48 bits per heavy atom. The Hall–Kier alpha value is -3.51. The first-order valence-electron chi connectivity index (χ1n) is 10.5. The fraction of sp³-hybridized carbons (Fsp3) is 0.185. The van der Waals surface area contributed by atoms with Gasteiger partial charge in [-0.05, 0) is 42.3 Å². The summed E-state index contributed by atoms with van der Waals surface area (Å²) < 4.78 is 16.7. The van der Waals surface area contributed by atoms with Gasteiger partial charge in [0.25, 0.3) is 0 Å². The van der Waals surface area contributed by atoms with E-state index in [1.54, 1.807) is 7.11 Å². The number of methoxy groups -OCH3 is 2. The van der Waals surface area contributed by atoms with Gasteiger partial charge in [0.2, 0.25) is 0 Å². The van der Waals surface area contributed by atoms with Crippen molar-refractivity contribution < 1.29 is 19.0 Å². The molecule has 0 aliphatic rings. The summed E-state index contributed by atoms with van der Waals surface area (Å²) in [6.07, 6.45) is 0. The number of carbonyl (C=O) groups excluding carboxylic acids is 1. The molecule has 0 amide bonds. The van der Waals surface area contributed by atoms with Crippen LogP contribution in [-0.2, 0) is 17.1 Å². The lowest BCUT2D eigenvalue weighted by Gasteiger charge is -2.16. The van der Waals surface area contributed by atoms with E-state index in [1.807, 2.05) is 48.5 Å². The smallest absolute Gasteiger partial charge is 0.344 e. The number of ether oxygens (including phenoxy) is 3. The molecule has 6 heteroatoms. The van der Waals surface area contributed by atoms with Gasteiger partial charge >= 0.3 is 5.97 Å². The summed E-state index contributed by atoms with van der Waals surface area (Å²) in [4.78, 5) is 17.7. The van der Waals surface area contributed by atoms with Crippen molar-refractivity contribution >= 4 is 28.6 Å². The number of para-hydroxylation sites is 1. The van der Waals surface area contributed by atoms with Crippen molar-refractivity contribution in [2.24, 2.45) is 0 Å². The molecule has 0 unspecified atom stereocenters. The standard InChI is InChI=1S/C27H25NO4S/c1-18-11-13-19(14-12-18)17-33-26-24(27(29)31-3)25(22-9-4-5-10-23(22)28-26)32-16-20-7-6-8-21(15-20)30-2/h4-15H,16-17H2,1-3H3. The molecule has 0 aliphatic carbocycles. The largest absolute Gasteiger partial charge is 0.497 e. The minimum absolute atomic E-state index is 0.275. The first-order valence-corrected chi connectivity index (χ1v) is 11.5. The van der Waals surface area contributed by atoms with Crippen molar-refractivity contribution in [1.29, 1.82) is 0 Å². The van der Waals surface area contributed by atoms with Crippen molar-refractivity contribution in [3.63, 3.8) is 0 Å². The maximum absolute atomic E-state index is 12.9. The molecular weight excluding hydrogens is 434 g/mol. The highest BCUT2D eigenvalue weighted by atomic mass is 32.2. The van der Waals surface area contributed by atoms with Crippen molar-refractivity contribution in [2.45, 2.75) is 24.3 Å². The molecule has 4 aromatic rings. The fourth-order valence-electron chi connectivity index (χ4n) is 3.45. The van der Waals surface area contributed by atoms with Gasteiger partial charge in [-0.2, -0.15) is 0 Å². The molecule has 5 nitrogen and oxygen atoms in total. The van der Waals surface area contributed by atoms with Crippen LogP contribution in [0.3, 0.4) is 0 Å². The van der Waals surface area contributed by atoms with Gasteiger partial charge in [-0.15, -0.1) is 11.8 Å². The van der Waals surface area contributed by atoms with Crippen molar-refractivity contribution in [2.75, 3.05) is 14.2 Å². The second-order valence-corrected chi connectivity index (χ2v) is 8.51. The van der Waals surface area contributed by atoms with Crippen LogP contribution in [0.15, 0.2) is 77.8 Å². The van der Waals surface area contributed by atoms with Gasteiger partial charge in [-0.1, -0.05) is 54.1 Å². The fourth-order valence-corrected chi connectivity index (χ4v) is 4.43. The third kappa shape index (κ3) is 5.29. The van der Waals surface area contributed by atoms with Crippen molar-refractivity contribution in [3.8, 4) is 11.5 Å². The van der Waals surface area contributed by atoms with Gasteiger partial charge in [-0.25, -0.2) is 9.78 Å². The Balaban J connectivity index is 1.73. The number of carbonyl (C=O) groups is 1. The van der Waals surface area contributed by atoms with Gasteiger partial charge in [-0.3, -0.25) is 0 Å². The van der Waals surface area contributed by atoms with E-state index >= 15 is 0 Å². The zero-order valence-corrected chi connectivity index (χ0v) is 19.6. The Morgan fingerprint density at radius 2 is 1.73 bits per heavy atom. The molecule has 3 aromatic carbocycles. The number of benzene rings is 3. The van der Waals surface area contributed by atoms with Crippen LogP contribution in [0.25, 0.3) is 10.9 Å². The second-order valence-electron chi connectivity index (χ2n) is 7.54. The molecule has 0 bridgehead atoms. The molecule has 1 heterocycles. The van der Waals surface area contributed by atoms with Crippen LogP contribution in [0, 0.1) is 6.92 Å². The van der Waals surface area contributed by atoms with Gasteiger partial charge in [0.15, 0.2) is 0 Å². The minimum Gasteiger partial charge on any atom is -0.497 e. The summed E-state index contributed by atoms with van der Waals surface area (Å²) in [5.74, 6) is 1.42. The quantitative estimate of drug-likeness (QED) is 0.231. The summed E-state index contributed by atoms with van der Waals surface area (Å²) in [6.45, 7) is 2.33. The number of hydrogen-bond acceptors (Lipinski definition) is 6. The van der Waals surface area contributed by atoms with E-state index in [0.717, 1.165) is 27.8 Å². The predicted octanol–water partition coefficient (Wildman–Crippen LogP) is 6.21. The van der Waals surface area contributed by atoms with E-state index in [2.05, 4.69) is 31.2 Å². The Bertz CT molecular complexity index is 1270. The molecule has 4 rings (SSSR count). The first kappa shape index (κ1) is 22.7. The average molecular weight is 460 g/mol. The lowest BCUT2D eigenvalue weighted by atomic mass is 10.1. The van der Waals surface area contributed by atoms with Crippen LogP contribution in [-0.4, -0.2) is 25.2 Å². The van der Waals surface area contributed by atoms with Gasteiger partial charge in [0.1, 0.15) is 28.7 Å². The lowest BCUT2D eigenvalue weighted by Crippen LogP contribution is -2.10. The van der Waals surface area contributed by atoms with Crippen molar-refractivity contribution in [3.05, 3.63) is 95.1 Å². The molecule has 0 radical (unpaired) electrons. The number of hydrogen-bond donors (Lipinski definition) is 0. The van der Waals surface area contributed by atoms with Crippen molar-refractivity contribution in [1.82, 2.24) is 4.98 Å². The number of esters is 1. The minimum atomic E-state index is -0.472. The molecule has 0 spiro atoms. The highest BCUT2D eigenvalue weighted by molar-refractivity contribution is 7.98. The third-order valence-electron chi connectivity index (χ3n) is 5.21. The van der Waals surface area contributed by atoms with E-state index in [4.69, 9.17) is 19.2 Å². The van der Waals surface area contributed by atoms with Gasteiger partial charge in [0.05, 0.1) is 19.7 Å². The Labute approximate surface area is 197 Å². The van der Waals surface area contributed by atoms with Crippen LogP contribution in [0.5, 0.6) is 11.5 Å². The van der Waals surface area contributed by atoms with Gasteiger partial charge in [0, 0.05) is 11.1 Å². The summed E-state index contributed by atoms with van der Waals surface area (Å²) in [5, 5.41) is 1.35. The predicted molar refractivity (Wildman–Crippen MR) is 131 cm³/mol. The number of pyridine rings is 1. The topological polar surface area (TPSA) is 57.7 Å². The molecule has 33 heavy (non-hydrogen) atoms. The summed E-state index contributed by atoms with van der Waals surface area (Å²) >= 11 is 1.49. The highest BCUT2D eigenvalue weighted by Crippen LogP contribution is 2.37. The molecule has 168 valence electrons. The van der Waals surface area contributed by atoms with E-state index < -0.39 is 5.97 Å². The zero-order chi connectivity index (χ0) is 23.2. The number of rotatable bonds is 8. The SMILES string of the molecule is COC(=O)c1c(SCc2ccc(C)cc2)nc2ccccc2c1OCc1cccc(OC)c1. The normalized spacial score (nSPS) is 10.8. The average Bonchev–Trinajstić information content (AvgIpc) is 2.86. The second kappa shape index (κ2) is 10.4. The molecule has 0 atom stereocenters. The van der Waals surface area contributed by atoms with Gasteiger partial charge < -0.3 is 14.2 Å². The molecule has 0 saturated heterocycles. The zero-order valence-electron chi connectivity index (χ0n) is 18.8. The maximum atomic E-state index is 12.9. The van der Waals surface area contributed by atoms with E-state index in [1.165, 1.54) is 24.4 Å². The van der Waals surface area contributed by atoms with E-state index in [0.29, 0.717) is 22.1 Å². The summed E-state index contributed by atoms with van der Waals surface area (Å²) in [7, 11) is 3.00. The monoisotopic (exact) mass is 459 g/mol. The molecular formula is C27H25NO4S. The Morgan fingerprint density at radius 1 is 0.939 bits per heavy atom. The van der Waals surface area contributed by atoms with Crippen LogP contribution in [0.4, 0.5) is 0 Å². The van der Waals surface area contributed by atoms with Crippen LogP contribution in [0.2, 0.25) is 0 Å². The molecule has 0 fully saturated rings. The third-order valence-corrected chi connectivity index (χ3v) is 6.26. The summed E-state index contributed by atoms with van der Waals surface area (Å²) in [6, 6.07) is 23.6. The van der Waals surface area contributed by atoms with Crippen LogP contribution >= 0.6 is 11.8 Å². The molecule has 0 saturated carbocycles. The molecule has 0 aliphatic heterocycles. The molecule has 0 N–H and O–H groups in total. The van der Waals surface area contributed by atoms with Crippen LogP contribution in [0.1, 0.15) is 27.0 Å². The number of nitrogens with zero attached hydrogens (tertiary/aromatic N) is 1. The van der Waals surface area contributed by atoms with Crippen LogP contribution < -0.4 is 9.47 Å². The van der Waals surface area contributed by atoms with E-state index in [9.17, 15) is 4.79 Å². The number of thioether (sulfide) groups is 1. The first-order chi connectivity index (χ1) is 16.1. The Kier molecular flexibility index (Phi) is 7.15. The number of fused-ring (bicyclic) bond motifs is 1. The highest BCUT2D eigenvalue weighted by Gasteiger charge is 2.24.